The average molecular weight is 725 g/mol. The van der Waals surface area contributed by atoms with E-state index in [1.807, 2.05) is 0 Å². The molecule has 0 aliphatic carbocycles. The fourth-order valence-corrected chi connectivity index (χ4v) is 7.73. The summed E-state index contributed by atoms with van der Waals surface area (Å²) in [4.78, 5) is 2.53. The molecule has 0 amide bonds. The van der Waals surface area contributed by atoms with E-state index in [1.165, 1.54) is 147 Å². The molecule has 0 unspecified atom stereocenters. The minimum absolute atomic E-state index is 0.577. The first kappa shape index (κ1) is 49.9. The minimum Gasteiger partial charge on any atom is -0.146 e. The maximum atomic E-state index is 2.53. The summed E-state index contributed by atoms with van der Waals surface area (Å²) >= 11 is -0.577. The van der Waals surface area contributed by atoms with Crippen LogP contribution in [0.15, 0.2) is 115 Å². The van der Waals surface area contributed by atoms with E-state index in [4.69, 9.17) is 0 Å². The molecular formula is C51H85Al. The second-order valence-electron chi connectivity index (χ2n) is 16.8. The van der Waals surface area contributed by atoms with Gasteiger partial charge in [0.25, 0.3) is 14.1 Å². The van der Waals surface area contributed by atoms with Crippen molar-refractivity contribution in [1.82, 2.24) is 0 Å². The van der Waals surface area contributed by atoms with E-state index in [1.54, 1.807) is 11.1 Å². The normalized spacial score (nSPS) is 14.8. The van der Waals surface area contributed by atoms with E-state index >= 15 is 0 Å². The smallest absolute Gasteiger partial charge is 0.146 e. The Morgan fingerprint density at radius 2 is 0.442 bits per heavy atom. The van der Waals surface area contributed by atoms with Crippen molar-refractivity contribution < 1.29 is 0 Å². The summed E-state index contributed by atoms with van der Waals surface area (Å²) in [5, 5.41) is 0. The number of rotatable bonds is 28. The topological polar surface area (TPSA) is 0 Å². The molecule has 0 aromatic rings. The van der Waals surface area contributed by atoms with Gasteiger partial charge in [0.15, 0.2) is 0 Å². The maximum Gasteiger partial charge on any atom is 0.288 e. The van der Waals surface area contributed by atoms with Gasteiger partial charge in [-0.2, -0.15) is 0 Å². The summed E-state index contributed by atoms with van der Waals surface area (Å²) < 4.78 is 0. The molecule has 0 bridgehead atoms. The second-order valence-corrected chi connectivity index (χ2v) is 19.6. The van der Waals surface area contributed by atoms with Gasteiger partial charge in [0.1, 0.15) is 0 Å². The van der Waals surface area contributed by atoms with Gasteiger partial charge < -0.3 is 0 Å². The fourth-order valence-electron chi connectivity index (χ4n) is 6.43. The quantitative estimate of drug-likeness (QED) is 0.0557. The Morgan fingerprint density at radius 3 is 0.615 bits per heavy atom. The van der Waals surface area contributed by atoms with Crippen LogP contribution in [0.2, 0.25) is 11.6 Å². The lowest BCUT2D eigenvalue weighted by Gasteiger charge is -2.04. The molecule has 292 valence electrons. The van der Waals surface area contributed by atoms with Gasteiger partial charge in [-0.15, -0.1) is 16.5 Å². The zero-order valence-corrected chi connectivity index (χ0v) is 38.2. The van der Waals surface area contributed by atoms with Gasteiger partial charge in [0.2, 0.25) is 0 Å². The van der Waals surface area contributed by atoms with Crippen molar-refractivity contribution in [2.45, 2.75) is 203 Å². The van der Waals surface area contributed by atoms with Crippen LogP contribution >= 0.6 is 0 Å². The molecule has 0 radical (unpaired) electrons. The predicted octanol–water partition coefficient (Wildman–Crippen LogP) is 17.8. The lowest BCUT2D eigenvalue weighted by atomic mass is 10.0. The molecular weight excluding hydrogens is 640 g/mol. The van der Waals surface area contributed by atoms with Crippen LogP contribution in [0.3, 0.4) is 0 Å². The number of hydrogen-bond acceptors (Lipinski definition) is 0. The Labute approximate surface area is 331 Å². The largest absolute Gasteiger partial charge is 0.288 e. The fraction of sp³-hybridized carbons (Fsp3) is 0.608. The molecule has 52 heavy (non-hydrogen) atoms. The minimum atomic E-state index is -0.577. The number of allylic oxidation sites excluding steroid dienone is 19. The first-order valence-corrected chi connectivity index (χ1v) is 24.2. The molecule has 0 aromatic carbocycles. The molecule has 0 spiro atoms. The van der Waals surface area contributed by atoms with Crippen LogP contribution in [0.5, 0.6) is 0 Å². The van der Waals surface area contributed by atoms with Crippen LogP contribution in [0.1, 0.15) is 192 Å². The Kier molecular flexibility index (Phi) is 31.1. The molecule has 0 fully saturated rings. The summed E-state index contributed by atoms with van der Waals surface area (Å²) in [6.45, 7) is 25.1. The predicted molar refractivity (Wildman–Crippen MR) is 244 cm³/mol. The molecule has 0 nitrogen and oxygen atoms in total. The van der Waals surface area contributed by atoms with Crippen LogP contribution in [-0.2, 0) is 0 Å². The van der Waals surface area contributed by atoms with Crippen molar-refractivity contribution in [2.75, 3.05) is 0 Å². The lowest BCUT2D eigenvalue weighted by molar-refractivity contribution is 0.879. The van der Waals surface area contributed by atoms with Crippen LogP contribution in [0.4, 0.5) is 0 Å². The van der Waals surface area contributed by atoms with E-state index in [0.29, 0.717) is 0 Å². The van der Waals surface area contributed by atoms with Crippen molar-refractivity contribution >= 4 is 14.1 Å². The van der Waals surface area contributed by atoms with Crippen LogP contribution in [0, 0.1) is 0 Å². The highest BCUT2D eigenvalue weighted by molar-refractivity contribution is 6.61. The van der Waals surface area contributed by atoms with Gasteiger partial charge in [-0.05, 0) is 192 Å². The Hall–Kier alpha value is -2.07. The summed E-state index contributed by atoms with van der Waals surface area (Å²) in [5.74, 6) is 4.80. The highest BCUT2D eigenvalue weighted by Crippen LogP contribution is 2.18. The summed E-state index contributed by atoms with van der Waals surface area (Å²) in [6.07, 6.45) is 43.3. The van der Waals surface area contributed by atoms with E-state index in [2.05, 4.69) is 147 Å². The van der Waals surface area contributed by atoms with Crippen molar-refractivity contribution in [3.63, 3.8) is 0 Å². The van der Waals surface area contributed by atoms with Crippen molar-refractivity contribution in [1.29, 1.82) is 0 Å². The third kappa shape index (κ3) is 33.7. The molecule has 0 heterocycles. The lowest BCUT2D eigenvalue weighted by Crippen LogP contribution is -1.95. The molecule has 0 saturated carbocycles. The standard InChI is InChI=1S/C49H79.2CH3.Al/c1-40(2)22-13-24-42(5)26-15-28-44(7)30-17-32-46(9)34-19-36-48(11)38-21-39-49(12)37-20-35-47(10)33-18-31-45(8)29-16-27-43(6)25-14-23-41(3)4;;;/h1,23-24,27-28,31-32,35-36,39H,13-22,25-26,29-30,33-34,37-38H2,2-12H3;2*1H3;/b40-1?,42-24+,43-27+,44-28+,45-31+,46-32+,47-35+,48-36+,49-39+;;;. The zero-order chi connectivity index (χ0) is 39.1. The van der Waals surface area contributed by atoms with Crippen LogP contribution < -0.4 is 0 Å². The van der Waals surface area contributed by atoms with Gasteiger partial charge >= 0.3 is 0 Å². The molecule has 0 aliphatic rings. The monoisotopic (exact) mass is 725 g/mol. The SMILES string of the molecule is CC(C)=CCC/C(C)=C/CC/C(C)=C/CC/C(C)=C/CC/C(C)=C/CC/C(C)=C/CC/C(C)=C/CC/C(C)=C/CC/C(C)=C/CC/C(C)=[CH]/[Al]([CH3])[CH3]. The Morgan fingerprint density at radius 1 is 0.269 bits per heavy atom. The average Bonchev–Trinajstić information content (AvgIpc) is 3.04. The van der Waals surface area contributed by atoms with Gasteiger partial charge in [-0.1, -0.05) is 110 Å². The van der Waals surface area contributed by atoms with Crippen molar-refractivity contribution in [3.05, 3.63) is 115 Å². The first-order chi connectivity index (χ1) is 24.7. The van der Waals surface area contributed by atoms with Gasteiger partial charge in [0.05, 0.1) is 0 Å². The summed E-state index contributed by atoms with van der Waals surface area (Å²) in [7, 11) is 0. The zero-order valence-electron chi connectivity index (χ0n) is 37.1. The molecule has 0 N–H and O–H groups in total. The number of hydrogen-bond donors (Lipinski definition) is 0. The molecule has 0 aliphatic heterocycles. The van der Waals surface area contributed by atoms with E-state index in [0.717, 1.165) is 12.8 Å². The second kappa shape index (κ2) is 32.4. The van der Waals surface area contributed by atoms with Crippen LogP contribution in [-0.4, -0.2) is 14.1 Å². The van der Waals surface area contributed by atoms with E-state index < -0.39 is 14.1 Å². The molecule has 0 saturated heterocycles. The van der Waals surface area contributed by atoms with Crippen molar-refractivity contribution in [3.8, 4) is 0 Å². The Bertz CT molecular complexity index is 1290. The molecule has 0 aromatic heterocycles. The third-order valence-electron chi connectivity index (χ3n) is 9.96. The molecule has 0 rings (SSSR count). The highest BCUT2D eigenvalue weighted by Gasteiger charge is 1.99. The van der Waals surface area contributed by atoms with Gasteiger partial charge in [0, 0.05) is 0 Å². The summed E-state index contributed by atoms with van der Waals surface area (Å²) in [6, 6.07) is 0. The maximum absolute atomic E-state index is 2.53. The molecule has 0 atom stereocenters. The van der Waals surface area contributed by atoms with Gasteiger partial charge in [-0.3, -0.25) is 0 Å². The van der Waals surface area contributed by atoms with Gasteiger partial charge in [-0.25, -0.2) is 0 Å². The Balaban J connectivity index is 4.25. The first-order valence-electron chi connectivity index (χ1n) is 21.2. The van der Waals surface area contributed by atoms with E-state index in [-0.39, 0.29) is 0 Å². The third-order valence-corrected chi connectivity index (χ3v) is 11.2. The van der Waals surface area contributed by atoms with E-state index in [9.17, 15) is 0 Å². The molecule has 1 heteroatoms. The highest BCUT2D eigenvalue weighted by atomic mass is 27.2. The summed E-state index contributed by atoms with van der Waals surface area (Å²) in [5.41, 5.74) is 15.3. The van der Waals surface area contributed by atoms with Crippen molar-refractivity contribution in [2.24, 2.45) is 0 Å². The van der Waals surface area contributed by atoms with Crippen LogP contribution in [0.25, 0.3) is 0 Å².